The zero-order valence-electron chi connectivity index (χ0n) is 13.2. The summed E-state index contributed by atoms with van der Waals surface area (Å²) in [6, 6.07) is 7.68. The van der Waals surface area contributed by atoms with Crippen molar-refractivity contribution in [1.82, 2.24) is 4.90 Å². The van der Waals surface area contributed by atoms with Crippen molar-refractivity contribution < 1.29 is 9.90 Å². The van der Waals surface area contributed by atoms with Crippen molar-refractivity contribution in [3.05, 3.63) is 29.8 Å². The van der Waals surface area contributed by atoms with Crippen LogP contribution in [-0.2, 0) is 0 Å². The number of anilines is 1. The van der Waals surface area contributed by atoms with E-state index < -0.39 is 8.07 Å². The van der Waals surface area contributed by atoms with Crippen molar-refractivity contribution in [3.63, 3.8) is 0 Å². The van der Waals surface area contributed by atoms with Crippen LogP contribution in [0.15, 0.2) is 24.3 Å². The van der Waals surface area contributed by atoms with Gasteiger partial charge in [-0.05, 0) is 25.0 Å². The maximum Gasteiger partial charge on any atom is 0.256 e. The van der Waals surface area contributed by atoms with E-state index in [1.807, 2.05) is 29.2 Å². The molecule has 1 saturated heterocycles. The van der Waals surface area contributed by atoms with Gasteiger partial charge in [0.1, 0.15) is 0 Å². The Morgan fingerprint density at radius 1 is 1.38 bits per heavy atom. The Morgan fingerprint density at radius 3 is 2.76 bits per heavy atom. The molecule has 1 amide bonds. The Balaban J connectivity index is 2.17. The van der Waals surface area contributed by atoms with E-state index in [1.165, 1.54) is 0 Å². The highest BCUT2D eigenvalue weighted by Gasteiger charge is 2.29. The number of benzene rings is 1. The summed E-state index contributed by atoms with van der Waals surface area (Å²) in [6.45, 7) is 7.69. The fourth-order valence-corrected chi connectivity index (χ4v) is 3.35. The van der Waals surface area contributed by atoms with Crippen LogP contribution >= 0.6 is 0 Å². The molecule has 1 heterocycles. The lowest BCUT2D eigenvalue weighted by atomic mass is 10.1. The molecule has 116 valence electrons. The van der Waals surface area contributed by atoms with E-state index in [-0.39, 0.29) is 18.6 Å². The summed E-state index contributed by atoms with van der Waals surface area (Å²) >= 11 is 0. The van der Waals surface area contributed by atoms with Crippen LogP contribution < -0.4 is 5.32 Å². The van der Waals surface area contributed by atoms with E-state index in [9.17, 15) is 9.90 Å². The lowest BCUT2D eigenvalue weighted by molar-refractivity contribution is 0.0678. The number of likely N-dealkylation sites (tertiary alicyclic amines) is 1. The second-order valence-corrected chi connectivity index (χ2v) is 12.4. The van der Waals surface area contributed by atoms with Crippen molar-refractivity contribution in [2.24, 2.45) is 0 Å². The zero-order chi connectivity index (χ0) is 15.5. The second-order valence-electron chi connectivity index (χ2n) is 6.94. The number of carbonyl (C=O) groups excluding carboxylic acids is 1. The van der Waals surface area contributed by atoms with Crippen molar-refractivity contribution in [1.29, 1.82) is 0 Å². The summed E-state index contributed by atoms with van der Waals surface area (Å²) in [7, 11) is -1.23. The fourth-order valence-electron chi connectivity index (χ4n) is 2.63. The molecule has 1 unspecified atom stereocenters. The molecule has 2 rings (SSSR count). The molecule has 0 spiro atoms. The third-order valence-corrected chi connectivity index (χ3v) is 5.05. The predicted octanol–water partition coefficient (Wildman–Crippen LogP) is 2.57. The van der Waals surface area contributed by atoms with E-state index in [4.69, 9.17) is 0 Å². The molecule has 1 aromatic rings. The van der Waals surface area contributed by atoms with Crippen LogP contribution in [0.5, 0.6) is 0 Å². The van der Waals surface area contributed by atoms with E-state index >= 15 is 0 Å². The van der Waals surface area contributed by atoms with Gasteiger partial charge >= 0.3 is 0 Å². The molecule has 1 fully saturated rings. The van der Waals surface area contributed by atoms with Crippen LogP contribution in [-0.4, -0.2) is 49.3 Å². The standard InChI is InChI=1S/C16H26N2O2Si/c1-21(2,3)12-17-15-9-5-4-8-14(15)16(20)18-10-6-7-13(18)11-19/h4-5,8-9,13,17,19H,6-7,10-12H2,1-3H3. The topological polar surface area (TPSA) is 52.6 Å². The monoisotopic (exact) mass is 306 g/mol. The number of aliphatic hydroxyl groups excluding tert-OH is 1. The van der Waals surface area contributed by atoms with Gasteiger partial charge in [-0.25, -0.2) is 0 Å². The quantitative estimate of drug-likeness (QED) is 0.822. The first-order chi connectivity index (χ1) is 9.92. The molecule has 0 radical (unpaired) electrons. The van der Waals surface area contributed by atoms with Gasteiger partial charge in [-0.2, -0.15) is 0 Å². The number of hydrogen-bond acceptors (Lipinski definition) is 3. The van der Waals surface area contributed by atoms with Crippen LogP contribution in [0.4, 0.5) is 5.69 Å². The van der Waals surface area contributed by atoms with Gasteiger partial charge < -0.3 is 15.3 Å². The average molecular weight is 306 g/mol. The Hall–Kier alpha value is -1.33. The summed E-state index contributed by atoms with van der Waals surface area (Å²) in [5, 5.41) is 12.8. The highest BCUT2D eigenvalue weighted by molar-refractivity contribution is 6.76. The summed E-state index contributed by atoms with van der Waals surface area (Å²) in [6.07, 6.45) is 2.81. The number of amides is 1. The molecule has 4 nitrogen and oxygen atoms in total. The minimum Gasteiger partial charge on any atom is -0.394 e. The molecular formula is C16H26N2O2Si. The van der Waals surface area contributed by atoms with Crippen molar-refractivity contribution in [2.75, 3.05) is 24.6 Å². The SMILES string of the molecule is C[Si](C)(C)CNc1ccccc1C(=O)N1CCCC1CO. The molecule has 2 N–H and O–H groups in total. The van der Waals surface area contributed by atoms with Gasteiger partial charge in [-0.1, -0.05) is 31.8 Å². The van der Waals surface area contributed by atoms with Crippen LogP contribution in [0.2, 0.25) is 19.6 Å². The van der Waals surface area contributed by atoms with Gasteiger partial charge in [0, 0.05) is 18.4 Å². The largest absolute Gasteiger partial charge is 0.394 e. The fraction of sp³-hybridized carbons (Fsp3) is 0.562. The van der Waals surface area contributed by atoms with Crippen molar-refractivity contribution >= 4 is 19.7 Å². The molecular weight excluding hydrogens is 280 g/mol. The van der Waals surface area contributed by atoms with Crippen LogP contribution in [0.3, 0.4) is 0 Å². The molecule has 0 aromatic heterocycles. The van der Waals surface area contributed by atoms with Gasteiger partial charge in [-0.15, -0.1) is 0 Å². The molecule has 21 heavy (non-hydrogen) atoms. The Bertz CT molecular complexity index is 499. The third-order valence-electron chi connectivity index (χ3n) is 3.82. The van der Waals surface area contributed by atoms with Crippen LogP contribution in [0, 0.1) is 0 Å². The first kappa shape index (κ1) is 16.0. The highest BCUT2D eigenvalue weighted by Crippen LogP contribution is 2.24. The number of hydrogen-bond donors (Lipinski definition) is 2. The Morgan fingerprint density at radius 2 is 2.10 bits per heavy atom. The molecule has 0 bridgehead atoms. The predicted molar refractivity (Wildman–Crippen MR) is 89.4 cm³/mol. The first-order valence-corrected chi connectivity index (χ1v) is 11.4. The lowest BCUT2D eigenvalue weighted by Gasteiger charge is -2.25. The van der Waals surface area contributed by atoms with Gasteiger partial charge in [0.05, 0.1) is 26.3 Å². The number of carbonyl (C=O) groups is 1. The summed E-state index contributed by atoms with van der Waals surface area (Å²) in [4.78, 5) is 14.6. The van der Waals surface area contributed by atoms with Gasteiger partial charge in [-0.3, -0.25) is 4.79 Å². The number of nitrogens with one attached hydrogen (secondary N) is 1. The maximum atomic E-state index is 12.7. The van der Waals surface area contributed by atoms with Gasteiger partial charge in [0.25, 0.3) is 5.91 Å². The average Bonchev–Trinajstić information content (AvgIpc) is 2.92. The van der Waals surface area contributed by atoms with Crippen LogP contribution in [0.1, 0.15) is 23.2 Å². The van der Waals surface area contributed by atoms with Crippen molar-refractivity contribution in [3.8, 4) is 0 Å². The van der Waals surface area contributed by atoms with E-state index in [0.29, 0.717) is 0 Å². The number of aliphatic hydroxyl groups is 1. The van der Waals surface area contributed by atoms with Crippen molar-refractivity contribution in [2.45, 2.75) is 38.5 Å². The van der Waals surface area contributed by atoms with Gasteiger partial charge in [0.15, 0.2) is 0 Å². The normalized spacial score (nSPS) is 18.9. The molecule has 5 heteroatoms. The number of nitrogens with zero attached hydrogens (tertiary/aromatic N) is 1. The molecule has 1 aliphatic rings. The number of para-hydroxylation sites is 1. The first-order valence-electron chi connectivity index (χ1n) is 7.67. The van der Waals surface area contributed by atoms with E-state index in [1.54, 1.807) is 0 Å². The smallest absolute Gasteiger partial charge is 0.256 e. The summed E-state index contributed by atoms with van der Waals surface area (Å²) in [5.41, 5.74) is 1.63. The number of rotatable bonds is 5. The molecule has 1 aromatic carbocycles. The summed E-state index contributed by atoms with van der Waals surface area (Å²) < 4.78 is 0. The van der Waals surface area contributed by atoms with Gasteiger partial charge in [0.2, 0.25) is 0 Å². The Labute approximate surface area is 128 Å². The van der Waals surface area contributed by atoms with E-state index in [2.05, 4.69) is 25.0 Å². The zero-order valence-corrected chi connectivity index (χ0v) is 14.2. The molecule has 0 saturated carbocycles. The maximum absolute atomic E-state index is 12.7. The molecule has 1 aliphatic heterocycles. The van der Waals surface area contributed by atoms with E-state index in [0.717, 1.165) is 36.8 Å². The molecule has 0 aliphatic carbocycles. The minimum absolute atomic E-state index is 0.0254. The second kappa shape index (κ2) is 6.62. The Kier molecular flexibility index (Phi) is 5.06. The summed E-state index contributed by atoms with van der Waals surface area (Å²) in [5.74, 6) is 0.0326. The lowest BCUT2D eigenvalue weighted by Crippen LogP contribution is -2.38. The minimum atomic E-state index is -1.23. The van der Waals surface area contributed by atoms with Crippen LogP contribution in [0.25, 0.3) is 0 Å². The molecule has 1 atom stereocenters. The third kappa shape index (κ3) is 4.08. The highest BCUT2D eigenvalue weighted by atomic mass is 28.3.